The standard InChI is InChI=1S/C50H34N4/c1-49(2)40-18-8-10-20-42(40)50(43-21-11-9-19-41(43)49)39-17-7-6-15-37(39)45-38(16-12-22-44(45)50)48-53-46(35-13-4-3-5-14-35)52-47(54-48)36-29-27-34(28-30-36)33-25-23-32(31-51)24-26-33/h3-30H,1-2H3. The second kappa shape index (κ2) is 12.0. The van der Waals surface area contributed by atoms with Gasteiger partial charge in [0.1, 0.15) is 0 Å². The summed E-state index contributed by atoms with van der Waals surface area (Å²) in [5.74, 6) is 1.87. The Morgan fingerprint density at radius 2 is 0.833 bits per heavy atom. The molecular formula is C50H34N4. The summed E-state index contributed by atoms with van der Waals surface area (Å²) in [4.78, 5) is 15.6. The summed E-state index contributed by atoms with van der Waals surface area (Å²) in [6.07, 6.45) is 0. The monoisotopic (exact) mass is 690 g/mol. The minimum absolute atomic E-state index is 0.170. The van der Waals surface area contributed by atoms with Gasteiger partial charge in [0.25, 0.3) is 0 Å². The Hall–Kier alpha value is -6.96. The molecule has 1 aromatic heterocycles. The van der Waals surface area contributed by atoms with Crippen LogP contribution in [0.5, 0.6) is 0 Å². The first-order chi connectivity index (χ1) is 26.5. The lowest BCUT2D eigenvalue weighted by Gasteiger charge is -2.46. The second-order valence-corrected chi connectivity index (χ2v) is 14.7. The van der Waals surface area contributed by atoms with Crippen LogP contribution in [-0.4, -0.2) is 15.0 Å². The van der Waals surface area contributed by atoms with E-state index in [1.165, 1.54) is 38.9 Å². The molecule has 0 amide bonds. The molecule has 4 nitrogen and oxygen atoms in total. The van der Waals surface area contributed by atoms with Crippen LogP contribution in [0.25, 0.3) is 56.4 Å². The zero-order valence-electron chi connectivity index (χ0n) is 30.0. The zero-order chi connectivity index (χ0) is 36.4. The van der Waals surface area contributed by atoms with Crippen molar-refractivity contribution in [1.82, 2.24) is 15.0 Å². The Balaban J connectivity index is 1.21. The van der Waals surface area contributed by atoms with Crippen LogP contribution < -0.4 is 0 Å². The fourth-order valence-corrected chi connectivity index (χ4v) is 8.99. The van der Waals surface area contributed by atoms with Crippen LogP contribution in [0.2, 0.25) is 0 Å². The van der Waals surface area contributed by atoms with Gasteiger partial charge in [0.15, 0.2) is 17.5 Å². The molecule has 7 aromatic carbocycles. The number of fused-ring (bicyclic) bond motifs is 9. The maximum atomic E-state index is 9.26. The molecule has 254 valence electrons. The van der Waals surface area contributed by atoms with Crippen LogP contribution in [0.4, 0.5) is 0 Å². The molecule has 54 heavy (non-hydrogen) atoms. The van der Waals surface area contributed by atoms with Crippen LogP contribution in [0, 0.1) is 11.3 Å². The van der Waals surface area contributed by atoms with Crippen molar-refractivity contribution in [2.45, 2.75) is 24.7 Å². The van der Waals surface area contributed by atoms with E-state index in [9.17, 15) is 5.26 Å². The number of aromatic nitrogens is 3. The SMILES string of the molecule is CC1(C)c2ccccc2C2(c3ccccc3-c3c(-c4nc(-c5ccccc5)nc(-c5ccc(-c6ccc(C#N)cc6)cc5)n4)cccc32)c2ccccc21. The highest BCUT2D eigenvalue weighted by Gasteiger charge is 2.53. The third-order valence-electron chi connectivity index (χ3n) is 11.5. The first-order valence-electron chi connectivity index (χ1n) is 18.3. The van der Waals surface area contributed by atoms with Crippen molar-refractivity contribution in [3.05, 3.63) is 209 Å². The fourth-order valence-electron chi connectivity index (χ4n) is 8.99. The van der Waals surface area contributed by atoms with E-state index in [1.54, 1.807) is 0 Å². The summed E-state index contributed by atoms with van der Waals surface area (Å²) in [5.41, 5.74) is 15.1. The highest BCUT2D eigenvalue weighted by atomic mass is 15.0. The normalized spacial score (nSPS) is 14.0. The van der Waals surface area contributed by atoms with E-state index in [4.69, 9.17) is 15.0 Å². The number of nitriles is 1. The average Bonchev–Trinajstić information content (AvgIpc) is 3.54. The quantitative estimate of drug-likeness (QED) is 0.184. The first-order valence-corrected chi connectivity index (χ1v) is 18.3. The van der Waals surface area contributed by atoms with Crippen LogP contribution in [0.1, 0.15) is 52.8 Å². The molecule has 1 spiro atoms. The first kappa shape index (κ1) is 31.7. The van der Waals surface area contributed by atoms with Crippen molar-refractivity contribution in [3.63, 3.8) is 0 Å². The van der Waals surface area contributed by atoms with Crippen molar-refractivity contribution < 1.29 is 0 Å². The van der Waals surface area contributed by atoms with Gasteiger partial charge in [-0.1, -0.05) is 172 Å². The molecule has 2 aliphatic rings. The van der Waals surface area contributed by atoms with Gasteiger partial charge >= 0.3 is 0 Å². The maximum Gasteiger partial charge on any atom is 0.164 e. The van der Waals surface area contributed by atoms with Gasteiger partial charge in [-0.2, -0.15) is 5.26 Å². The Bertz CT molecular complexity index is 2740. The lowest BCUT2D eigenvalue weighted by molar-refractivity contribution is 0.563. The number of nitrogens with zero attached hydrogens (tertiary/aromatic N) is 4. The molecule has 0 aliphatic heterocycles. The highest BCUT2D eigenvalue weighted by Crippen LogP contribution is 2.63. The number of hydrogen-bond donors (Lipinski definition) is 0. The van der Waals surface area contributed by atoms with E-state index in [0.717, 1.165) is 33.4 Å². The van der Waals surface area contributed by atoms with Gasteiger partial charge in [-0.15, -0.1) is 0 Å². The minimum atomic E-state index is -0.510. The topological polar surface area (TPSA) is 62.5 Å². The van der Waals surface area contributed by atoms with Crippen molar-refractivity contribution in [2.75, 3.05) is 0 Å². The molecule has 4 heteroatoms. The molecule has 0 bridgehead atoms. The zero-order valence-corrected chi connectivity index (χ0v) is 30.0. The summed E-state index contributed by atoms with van der Waals surface area (Å²) >= 11 is 0. The average molecular weight is 691 g/mol. The molecule has 0 saturated carbocycles. The predicted molar refractivity (Wildman–Crippen MR) is 216 cm³/mol. The van der Waals surface area contributed by atoms with E-state index in [-0.39, 0.29) is 5.41 Å². The lowest BCUT2D eigenvalue weighted by atomic mass is 9.55. The van der Waals surface area contributed by atoms with Crippen molar-refractivity contribution in [3.8, 4) is 62.5 Å². The molecular weight excluding hydrogens is 657 g/mol. The van der Waals surface area contributed by atoms with Gasteiger partial charge in [-0.3, -0.25) is 0 Å². The Kier molecular flexibility index (Phi) is 7.08. The second-order valence-electron chi connectivity index (χ2n) is 14.7. The lowest BCUT2D eigenvalue weighted by Crippen LogP contribution is -2.40. The van der Waals surface area contributed by atoms with Gasteiger partial charge < -0.3 is 0 Å². The molecule has 0 radical (unpaired) electrons. The van der Waals surface area contributed by atoms with E-state index in [2.05, 4.69) is 135 Å². The van der Waals surface area contributed by atoms with Gasteiger partial charge in [0, 0.05) is 22.1 Å². The smallest absolute Gasteiger partial charge is 0.164 e. The Morgan fingerprint density at radius 3 is 1.44 bits per heavy atom. The van der Waals surface area contributed by atoms with Crippen LogP contribution in [-0.2, 0) is 10.8 Å². The summed E-state index contributed by atoms with van der Waals surface area (Å²) in [7, 11) is 0. The summed E-state index contributed by atoms with van der Waals surface area (Å²) in [5, 5.41) is 9.26. The molecule has 0 N–H and O–H groups in total. The van der Waals surface area contributed by atoms with Crippen LogP contribution in [0.3, 0.4) is 0 Å². The van der Waals surface area contributed by atoms with E-state index in [1.807, 2.05) is 54.6 Å². The highest BCUT2D eigenvalue weighted by molar-refractivity contribution is 5.95. The molecule has 0 atom stereocenters. The molecule has 8 aromatic rings. The molecule has 1 heterocycles. The van der Waals surface area contributed by atoms with Gasteiger partial charge in [0.2, 0.25) is 0 Å². The molecule has 0 unspecified atom stereocenters. The van der Waals surface area contributed by atoms with Crippen LogP contribution in [0.15, 0.2) is 170 Å². The van der Waals surface area contributed by atoms with Crippen molar-refractivity contribution in [2.24, 2.45) is 0 Å². The summed E-state index contributed by atoms with van der Waals surface area (Å²) in [6, 6.07) is 61.9. The number of benzene rings is 7. The minimum Gasteiger partial charge on any atom is -0.208 e. The van der Waals surface area contributed by atoms with E-state index in [0.29, 0.717) is 23.0 Å². The Labute approximate surface area is 315 Å². The molecule has 2 aliphatic carbocycles. The Morgan fingerprint density at radius 1 is 0.389 bits per heavy atom. The van der Waals surface area contributed by atoms with E-state index >= 15 is 0 Å². The summed E-state index contributed by atoms with van der Waals surface area (Å²) in [6.45, 7) is 4.70. The van der Waals surface area contributed by atoms with E-state index < -0.39 is 5.41 Å². The third-order valence-corrected chi connectivity index (χ3v) is 11.5. The largest absolute Gasteiger partial charge is 0.208 e. The third kappa shape index (κ3) is 4.58. The van der Waals surface area contributed by atoms with Crippen LogP contribution >= 0.6 is 0 Å². The molecule has 10 rings (SSSR count). The van der Waals surface area contributed by atoms with Crippen molar-refractivity contribution in [1.29, 1.82) is 5.26 Å². The number of rotatable bonds is 4. The number of hydrogen-bond acceptors (Lipinski definition) is 4. The molecule has 0 saturated heterocycles. The fraction of sp³-hybridized carbons (Fsp3) is 0.0800. The van der Waals surface area contributed by atoms with Gasteiger partial charge in [-0.25, -0.2) is 15.0 Å². The van der Waals surface area contributed by atoms with Gasteiger partial charge in [0.05, 0.1) is 17.0 Å². The van der Waals surface area contributed by atoms with Gasteiger partial charge in [-0.05, 0) is 67.8 Å². The molecule has 0 fully saturated rings. The maximum absolute atomic E-state index is 9.26. The van der Waals surface area contributed by atoms with Crippen molar-refractivity contribution >= 4 is 0 Å². The predicted octanol–water partition coefficient (Wildman–Crippen LogP) is 11.4. The summed E-state index contributed by atoms with van der Waals surface area (Å²) < 4.78 is 0.